The van der Waals surface area contributed by atoms with Gasteiger partial charge in [-0.3, -0.25) is 0 Å². The second-order valence-corrected chi connectivity index (χ2v) is 10.2. The molecule has 3 N–H and O–H groups in total. The highest BCUT2D eigenvalue weighted by atomic mass is 16.3. The topological polar surface area (TPSA) is 60.7 Å². The van der Waals surface area contributed by atoms with E-state index in [4.69, 9.17) is 0 Å². The van der Waals surface area contributed by atoms with Crippen LogP contribution in [0, 0.1) is 83.1 Å². The summed E-state index contributed by atoms with van der Waals surface area (Å²) in [5, 5.41) is 32.5. The summed E-state index contributed by atoms with van der Waals surface area (Å²) >= 11 is 0. The van der Waals surface area contributed by atoms with Gasteiger partial charge in [-0.05, 0) is 167 Å². The fraction of sp³-hybridized carbons (Fsp3) is 0.419. The van der Waals surface area contributed by atoms with Gasteiger partial charge in [-0.15, -0.1) is 0 Å². The molecule has 0 heterocycles. The van der Waals surface area contributed by atoms with Crippen LogP contribution < -0.4 is 0 Å². The van der Waals surface area contributed by atoms with Crippen LogP contribution in [0.15, 0.2) is 0 Å². The first-order valence-corrected chi connectivity index (χ1v) is 12.0. The zero-order valence-corrected chi connectivity index (χ0v) is 22.9. The second-order valence-electron chi connectivity index (χ2n) is 10.2. The van der Waals surface area contributed by atoms with Crippen molar-refractivity contribution in [3.05, 3.63) is 83.5 Å². The van der Waals surface area contributed by atoms with Gasteiger partial charge < -0.3 is 15.3 Å². The van der Waals surface area contributed by atoms with E-state index in [1.807, 2.05) is 41.5 Å². The molecule has 0 aromatic heterocycles. The van der Waals surface area contributed by atoms with Crippen molar-refractivity contribution in [3.63, 3.8) is 0 Å². The van der Waals surface area contributed by atoms with Gasteiger partial charge in [-0.2, -0.15) is 0 Å². The van der Waals surface area contributed by atoms with E-state index in [1.165, 1.54) is 16.7 Å². The summed E-state index contributed by atoms with van der Waals surface area (Å²) in [6.07, 6.45) is 0. The minimum absolute atomic E-state index is 0.103. The Morgan fingerprint density at radius 3 is 0.588 bits per heavy atom. The van der Waals surface area contributed by atoms with Gasteiger partial charge in [0.05, 0.1) is 0 Å². The third kappa shape index (κ3) is 3.48. The Morgan fingerprint density at radius 2 is 0.441 bits per heavy atom. The van der Waals surface area contributed by atoms with Crippen molar-refractivity contribution < 1.29 is 15.3 Å². The van der Waals surface area contributed by atoms with Gasteiger partial charge in [0.25, 0.3) is 0 Å². The zero-order chi connectivity index (χ0) is 26.0. The average Bonchev–Trinajstić information content (AvgIpc) is 2.81. The molecular formula is C31H40O3. The van der Waals surface area contributed by atoms with E-state index < -0.39 is 0 Å². The third-order valence-electron chi connectivity index (χ3n) is 8.80. The Balaban J connectivity index is 2.68. The molecule has 0 amide bonds. The van der Waals surface area contributed by atoms with Crippen LogP contribution in [0.1, 0.15) is 89.4 Å². The highest BCUT2D eigenvalue weighted by Crippen LogP contribution is 2.49. The lowest BCUT2D eigenvalue weighted by atomic mass is 9.71. The van der Waals surface area contributed by atoms with E-state index in [9.17, 15) is 15.3 Å². The fourth-order valence-corrected chi connectivity index (χ4v) is 5.70. The number of hydrogen-bond donors (Lipinski definition) is 3. The van der Waals surface area contributed by atoms with Crippen molar-refractivity contribution in [2.24, 2.45) is 0 Å². The number of rotatable bonds is 3. The molecule has 3 rings (SSSR count). The van der Waals surface area contributed by atoms with Crippen LogP contribution in [0.2, 0.25) is 0 Å². The quantitative estimate of drug-likeness (QED) is 0.351. The lowest BCUT2D eigenvalue weighted by Gasteiger charge is -2.33. The van der Waals surface area contributed by atoms with E-state index in [0.717, 1.165) is 66.8 Å². The molecule has 0 bridgehead atoms. The van der Waals surface area contributed by atoms with E-state index in [-0.39, 0.29) is 5.92 Å². The summed E-state index contributed by atoms with van der Waals surface area (Å²) in [5.41, 5.74) is 15.4. The molecule has 3 aromatic rings. The lowest BCUT2D eigenvalue weighted by Crippen LogP contribution is -2.17. The third-order valence-corrected chi connectivity index (χ3v) is 8.80. The number of aromatic hydroxyl groups is 3. The molecular weight excluding hydrogens is 420 g/mol. The minimum atomic E-state index is -0.103. The molecule has 0 spiro atoms. The number of phenolic OH excluding ortho intramolecular Hbond substituents is 3. The van der Waals surface area contributed by atoms with Crippen LogP contribution in [0.4, 0.5) is 0 Å². The molecule has 0 aliphatic rings. The van der Waals surface area contributed by atoms with Crippen molar-refractivity contribution >= 4 is 0 Å². The Morgan fingerprint density at radius 1 is 0.294 bits per heavy atom. The lowest BCUT2D eigenvalue weighted by molar-refractivity contribution is 0.464. The molecule has 0 fully saturated rings. The summed E-state index contributed by atoms with van der Waals surface area (Å²) in [4.78, 5) is 0. The Labute approximate surface area is 205 Å². The average molecular weight is 461 g/mol. The summed E-state index contributed by atoms with van der Waals surface area (Å²) in [7, 11) is 0. The molecule has 3 nitrogen and oxygen atoms in total. The molecule has 0 saturated heterocycles. The van der Waals surface area contributed by atoms with Crippen molar-refractivity contribution in [3.8, 4) is 17.2 Å². The second kappa shape index (κ2) is 8.69. The first-order chi connectivity index (χ1) is 15.7. The monoisotopic (exact) mass is 460 g/mol. The maximum absolute atomic E-state index is 10.8. The number of phenols is 3. The van der Waals surface area contributed by atoms with Gasteiger partial charge in [-0.25, -0.2) is 0 Å². The Kier molecular flexibility index (Phi) is 6.56. The van der Waals surface area contributed by atoms with Gasteiger partial charge >= 0.3 is 0 Å². The van der Waals surface area contributed by atoms with Gasteiger partial charge in [0.15, 0.2) is 0 Å². The highest BCUT2D eigenvalue weighted by molar-refractivity contribution is 5.67. The molecule has 0 aliphatic heterocycles. The molecule has 3 heteroatoms. The van der Waals surface area contributed by atoms with Crippen molar-refractivity contribution in [1.82, 2.24) is 0 Å². The Bertz CT molecular complexity index is 1090. The molecule has 0 aliphatic carbocycles. The van der Waals surface area contributed by atoms with E-state index in [0.29, 0.717) is 17.2 Å². The smallest absolute Gasteiger partial charge is 0.121 e. The summed E-state index contributed by atoms with van der Waals surface area (Å²) < 4.78 is 0. The first kappa shape index (κ1) is 25.7. The molecule has 0 unspecified atom stereocenters. The summed E-state index contributed by atoms with van der Waals surface area (Å²) in [5.74, 6) is 0.968. The molecule has 3 aromatic carbocycles. The molecule has 0 saturated carbocycles. The van der Waals surface area contributed by atoms with Crippen molar-refractivity contribution in [1.29, 1.82) is 0 Å². The van der Waals surface area contributed by atoms with Crippen LogP contribution in [0.25, 0.3) is 0 Å². The molecule has 0 atom stereocenters. The van der Waals surface area contributed by atoms with Crippen LogP contribution >= 0.6 is 0 Å². The SMILES string of the molecule is Cc1c(C)c(C(c2c(C)c(C)c(O)c(C)c2C)c2c(C)c(C)c(O)c(C)c2C)c(C)c(C)c1O. The van der Waals surface area contributed by atoms with E-state index in [1.54, 1.807) is 0 Å². The van der Waals surface area contributed by atoms with Crippen molar-refractivity contribution in [2.45, 2.75) is 89.0 Å². The van der Waals surface area contributed by atoms with Crippen LogP contribution in [-0.2, 0) is 0 Å². The van der Waals surface area contributed by atoms with E-state index in [2.05, 4.69) is 41.5 Å². The predicted molar refractivity (Wildman–Crippen MR) is 142 cm³/mol. The van der Waals surface area contributed by atoms with Gasteiger partial charge in [-0.1, -0.05) is 0 Å². The van der Waals surface area contributed by atoms with Gasteiger partial charge in [0.1, 0.15) is 17.2 Å². The summed E-state index contributed by atoms with van der Waals surface area (Å²) in [6.45, 7) is 24.5. The molecule has 34 heavy (non-hydrogen) atoms. The van der Waals surface area contributed by atoms with Gasteiger partial charge in [0.2, 0.25) is 0 Å². The fourth-order valence-electron chi connectivity index (χ4n) is 5.70. The maximum atomic E-state index is 10.8. The number of benzene rings is 3. The number of hydrogen-bond acceptors (Lipinski definition) is 3. The van der Waals surface area contributed by atoms with Crippen LogP contribution in [-0.4, -0.2) is 15.3 Å². The normalized spacial score (nSPS) is 11.6. The maximum Gasteiger partial charge on any atom is 0.121 e. The minimum Gasteiger partial charge on any atom is -0.507 e. The standard InChI is InChI=1S/C31H40O3/c1-13-19(7)29(32)20(8)14(2)25(13)28(26-15(3)21(9)30(33)22(10)16(26)4)27-17(5)23(11)31(34)24(12)18(27)6/h28,32-34H,1-12H3. The molecule has 182 valence electrons. The van der Waals surface area contributed by atoms with Crippen LogP contribution in [0.3, 0.4) is 0 Å². The largest absolute Gasteiger partial charge is 0.507 e. The molecule has 0 radical (unpaired) electrons. The van der Waals surface area contributed by atoms with Gasteiger partial charge in [0, 0.05) is 5.92 Å². The summed E-state index contributed by atoms with van der Waals surface area (Å²) in [6, 6.07) is 0. The van der Waals surface area contributed by atoms with Crippen molar-refractivity contribution in [2.75, 3.05) is 0 Å². The first-order valence-electron chi connectivity index (χ1n) is 12.0. The Hall–Kier alpha value is -2.94. The zero-order valence-electron chi connectivity index (χ0n) is 22.9. The highest BCUT2D eigenvalue weighted by Gasteiger charge is 2.32. The van der Waals surface area contributed by atoms with E-state index >= 15 is 0 Å². The predicted octanol–water partition coefficient (Wildman–Crippen LogP) is 7.68. The van der Waals surface area contributed by atoms with Crippen LogP contribution in [0.5, 0.6) is 17.2 Å².